The zero-order valence-electron chi connectivity index (χ0n) is 19.9. The molecular weight excluding hydrogens is 472 g/mol. The Hall–Kier alpha value is -4.53. The fraction of sp³-hybridized carbons (Fsp3) is 0. The van der Waals surface area contributed by atoms with Crippen LogP contribution in [0.1, 0.15) is 0 Å². The van der Waals surface area contributed by atoms with Crippen LogP contribution in [0.25, 0.3) is 66.2 Å². The molecule has 0 bridgehead atoms. The van der Waals surface area contributed by atoms with Crippen LogP contribution in [0.2, 0.25) is 5.02 Å². The van der Waals surface area contributed by atoms with E-state index in [-0.39, 0.29) is 0 Å². The third kappa shape index (κ3) is 4.02. The van der Waals surface area contributed by atoms with Gasteiger partial charge in [0.2, 0.25) is 0 Å². The van der Waals surface area contributed by atoms with Crippen LogP contribution in [0.15, 0.2) is 127 Å². The van der Waals surface area contributed by atoms with Crippen molar-refractivity contribution in [2.75, 3.05) is 0 Å². The van der Waals surface area contributed by atoms with Gasteiger partial charge in [0.15, 0.2) is 0 Å². The Bertz CT molecular complexity index is 1960. The Morgan fingerprint density at radius 3 is 1.62 bits per heavy atom. The van der Waals surface area contributed by atoms with Gasteiger partial charge in [-0.1, -0.05) is 103 Å². The maximum Gasteiger partial charge on any atom is 0.0972 e. The number of aromatic nitrogens is 2. The fourth-order valence-corrected chi connectivity index (χ4v) is 5.15. The summed E-state index contributed by atoms with van der Waals surface area (Å²) in [6, 6.07) is 44.0. The molecule has 0 radical (unpaired) electrons. The molecule has 0 aliphatic carbocycles. The third-order valence-electron chi connectivity index (χ3n) is 6.88. The Morgan fingerprint density at radius 2 is 0.919 bits per heavy atom. The average Bonchev–Trinajstić information content (AvgIpc) is 2.96. The second-order valence-corrected chi connectivity index (χ2v) is 9.69. The number of nitrogens with zero attached hydrogens (tertiary/aromatic N) is 2. The standard InChI is InChI=1S/C34H21ClN2/c35-30-10-4-8-27(21-30)26-7-3-9-28(20-26)31-17-15-23-12-13-24-16-18-32(37-34(24)33(23)36-31)29-14-11-22-5-1-2-6-25(22)19-29/h1-21H. The maximum atomic E-state index is 6.24. The van der Waals surface area contributed by atoms with E-state index in [0.717, 1.165) is 60.5 Å². The molecule has 7 aromatic rings. The molecule has 3 heteroatoms. The first-order valence-corrected chi connectivity index (χ1v) is 12.7. The van der Waals surface area contributed by atoms with Crippen LogP contribution in [-0.4, -0.2) is 9.97 Å². The summed E-state index contributed by atoms with van der Waals surface area (Å²) in [7, 11) is 0. The second-order valence-electron chi connectivity index (χ2n) is 9.26. The van der Waals surface area contributed by atoms with Crippen molar-refractivity contribution in [1.82, 2.24) is 9.97 Å². The molecule has 0 N–H and O–H groups in total. The Labute approximate surface area is 219 Å². The van der Waals surface area contributed by atoms with Gasteiger partial charge in [-0.2, -0.15) is 0 Å². The summed E-state index contributed by atoms with van der Waals surface area (Å²) in [5, 5.41) is 5.31. The molecule has 0 atom stereocenters. The van der Waals surface area contributed by atoms with Gasteiger partial charge >= 0.3 is 0 Å². The zero-order chi connectivity index (χ0) is 24.8. The van der Waals surface area contributed by atoms with E-state index in [9.17, 15) is 0 Å². The molecule has 0 saturated heterocycles. The molecule has 2 aromatic heterocycles. The van der Waals surface area contributed by atoms with Crippen LogP contribution in [0.4, 0.5) is 0 Å². The summed E-state index contributed by atoms with van der Waals surface area (Å²) in [6.45, 7) is 0. The minimum Gasteiger partial charge on any atom is -0.245 e. The van der Waals surface area contributed by atoms with E-state index in [1.165, 1.54) is 10.8 Å². The molecule has 0 amide bonds. The lowest BCUT2D eigenvalue weighted by Gasteiger charge is -2.10. The maximum absolute atomic E-state index is 6.24. The van der Waals surface area contributed by atoms with E-state index >= 15 is 0 Å². The molecule has 0 spiro atoms. The number of fused-ring (bicyclic) bond motifs is 4. The van der Waals surface area contributed by atoms with Crippen molar-refractivity contribution in [2.24, 2.45) is 0 Å². The minimum atomic E-state index is 0.728. The first-order valence-electron chi connectivity index (χ1n) is 12.3. The minimum absolute atomic E-state index is 0.728. The Kier molecular flexibility index (Phi) is 5.20. The molecule has 5 aromatic carbocycles. The van der Waals surface area contributed by atoms with Gasteiger partial charge in [0.25, 0.3) is 0 Å². The van der Waals surface area contributed by atoms with Crippen molar-refractivity contribution in [3.8, 4) is 33.6 Å². The van der Waals surface area contributed by atoms with Crippen LogP contribution < -0.4 is 0 Å². The summed E-state index contributed by atoms with van der Waals surface area (Å²) in [5.74, 6) is 0. The second kappa shape index (κ2) is 8.85. The highest BCUT2D eigenvalue weighted by molar-refractivity contribution is 6.30. The predicted molar refractivity (Wildman–Crippen MR) is 156 cm³/mol. The monoisotopic (exact) mass is 492 g/mol. The van der Waals surface area contributed by atoms with Gasteiger partial charge in [-0.25, -0.2) is 9.97 Å². The topological polar surface area (TPSA) is 25.8 Å². The summed E-state index contributed by atoms with van der Waals surface area (Å²) < 4.78 is 0. The van der Waals surface area contributed by atoms with Crippen molar-refractivity contribution in [3.05, 3.63) is 132 Å². The van der Waals surface area contributed by atoms with E-state index in [1.807, 2.05) is 18.2 Å². The van der Waals surface area contributed by atoms with Gasteiger partial charge in [0, 0.05) is 26.9 Å². The smallest absolute Gasteiger partial charge is 0.0972 e. The molecule has 174 valence electrons. The van der Waals surface area contributed by atoms with Crippen molar-refractivity contribution < 1.29 is 0 Å². The van der Waals surface area contributed by atoms with Crippen LogP contribution >= 0.6 is 11.6 Å². The molecule has 37 heavy (non-hydrogen) atoms. The van der Waals surface area contributed by atoms with E-state index in [0.29, 0.717) is 0 Å². The zero-order valence-corrected chi connectivity index (χ0v) is 20.7. The van der Waals surface area contributed by atoms with Crippen LogP contribution in [0.5, 0.6) is 0 Å². The molecule has 2 nitrogen and oxygen atoms in total. The van der Waals surface area contributed by atoms with Crippen molar-refractivity contribution in [3.63, 3.8) is 0 Å². The summed E-state index contributed by atoms with van der Waals surface area (Å²) in [6.07, 6.45) is 0. The number of hydrogen-bond donors (Lipinski definition) is 0. The van der Waals surface area contributed by atoms with Gasteiger partial charge in [0.05, 0.1) is 22.4 Å². The lowest BCUT2D eigenvalue weighted by atomic mass is 10.0. The average molecular weight is 493 g/mol. The van der Waals surface area contributed by atoms with Crippen LogP contribution in [-0.2, 0) is 0 Å². The van der Waals surface area contributed by atoms with Gasteiger partial charge < -0.3 is 0 Å². The highest BCUT2D eigenvalue weighted by Gasteiger charge is 2.10. The summed E-state index contributed by atoms with van der Waals surface area (Å²) >= 11 is 6.24. The first-order chi connectivity index (χ1) is 18.2. The number of halogens is 1. The normalized spacial score (nSPS) is 11.4. The molecule has 0 saturated carbocycles. The van der Waals surface area contributed by atoms with Gasteiger partial charge in [-0.15, -0.1) is 0 Å². The molecule has 0 aliphatic rings. The van der Waals surface area contributed by atoms with E-state index in [4.69, 9.17) is 21.6 Å². The SMILES string of the molecule is Clc1cccc(-c2cccc(-c3ccc4ccc5ccc(-c6ccc7ccccc7c6)nc5c4n3)c2)c1. The van der Waals surface area contributed by atoms with Gasteiger partial charge in [-0.05, 0) is 58.3 Å². The molecule has 7 rings (SSSR count). The fourth-order valence-electron chi connectivity index (χ4n) is 4.96. The van der Waals surface area contributed by atoms with Gasteiger partial charge in [0.1, 0.15) is 0 Å². The molecule has 0 unspecified atom stereocenters. The largest absolute Gasteiger partial charge is 0.245 e. The summed E-state index contributed by atoms with van der Waals surface area (Å²) in [5.41, 5.74) is 8.04. The lowest BCUT2D eigenvalue weighted by Crippen LogP contribution is -1.91. The number of pyridine rings is 2. The first kappa shape index (κ1) is 21.7. The quantitative estimate of drug-likeness (QED) is 0.229. The van der Waals surface area contributed by atoms with E-state index < -0.39 is 0 Å². The Balaban J connectivity index is 1.36. The van der Waals surface area contributed by atoms with Crippen molar-refractivity contribution >= 4 is 44.2 Å². The van der Waals surface area contributed by atoms with Crippen molar-refractivity contribution in [1.29, 1.82) is 0 Å². The molecule has 0 fully saturated rings. The molecule has 2 heterocycles. The number of rotatable bonds is 3. The number of benzene rings is 5. The van der Waals surface area contributed by atoms with Crippen molar-refractivity contribution in [2.45, 2.75) is 0 Å². The highest BCUT2D eigenvalue weighted by Crippen LogP contribution is 2.31. The molecule has 0 aliphatic heterocycles. The van der Waals surface area contributed by atoms with E-state index in [1.54, 1.807) is 0 Å². The lowest BCUT2D eigenvalue weighted by molar-refractivity contribution is 1.37. The van der Waals surface area contributed by atoms with E-state index in [2.05, 4.69) is 109 Å². The third-order valence-corrected chi connectivity index (χ3v) is 7.12. The highest BCUT2D eigenvalue weighted by atomic mass is 35.5. The predicted octanol–water partition coefficient (Wildman–Crippen LogP) is 9.59. The summed E-state index contributed by atoms with van der Waals surface area (Å²) in [4.78, 5) is 10.2. The van der Waals surface area contributed by atoms with Gasteiger partial charge in [-0.3, -0.25) is 0 Å². The number of hydrogen-bond acceptors (Lipinski definition) is 2. The van der Waals surface area contributed by atoms with Crippen LogP contribution in [0, 0.1) is 0 Å². The van der Waals surface area contributed by atoms with Crippen LogP contribution in [0.3, 0.4) is 0 Å². The Morgan fingerprint density at radius 1 is 0.378 bits per heavy atom. The molecular formula is C34H21ClN2.